The van der Waals surface area contributed by atoms with Gasteiger partial charge in [-0.05, 0) is 57.6 Å². The molecule has 4 rings (SSSR count). The highest BCUT2D eigenvalue weighted by molar-refractivity contribution is 5.94. The van der Waals surface area contributed by atoms with Crippen molar-refractivity contribution in [2.75, 3.05) is 53.0 Å². The van der Waals surface area contributed by atoms with Crippen LogP contribution in [0.3, 0.4) is 0 Å². The Balaban J connectivity index is 1.76. The van der Waals surface area contributed by atoms with Gasteiger partial charge in [-0.2, -0.15) is 0 Å². The number of hydrogen-bond donors (Lipinski definition) is 0. The number of rotatable bonds is 5. The molecule has 3 heterocycles. The van der Waals surface area contributed by atoms with E-state index in [2.05, 4.69) is 27.5 Å². The average molecular weight is 414 g/mol. The van der Waals surface area contributed by atoms with E-state index in [1.54, 1.807) is 13.1 Å². The monoisotopic (exact) mass is 413 g/mol. The predicted octanol–water partition coefficient (Wildman–Crippen LogP) is 2.28. The van der Waals surface area contributed by atoms with E-state index in [-0.39, 0.29) is 23.6 Å². The SMILES string of the molecule is CCOC(=O)c1cn(C2CCN(C)CC2)c2ccc(CN3CCOCC3)cc2c1=O. The fourth-order valence-electron chi connectivity index (χ4n) is 4.45. The zero-order valence-corrected chi connectivity index (χ0v) is 17.9. The van der Waals surface area contributed by atoms with Crippen LogP contribution in [0.15, 0.2) is 29.2 Å². The molecular weight excluding hydrogens is 382 g/mol. The Morgan fingerprint density at radius 3 is 2.60 bits per heavy atom. The number of carbonyl (C=O) groups is 1. The maximum absolute atomic E-state index is 13.2. The molecule has 1 aromatic heterocycles. The van der Waals surface area contributed by atoms with Crippen LogP contribution in [0.4, 0.5) is 0 Å². The minimum atomic E-state index is -0.537. The van der Waals surface area contributed by atoms with E-state index in [0.717, 1.165) is 69.9 Å². The zero-order valence-electron chi connectivity index (χ0n) is 17.9. The number of piperidine rings is 1. The second-order valence-corrected chi connectivity index (χ2v) is 8.27. The Morgan fingerprint density at radius 2 is 1.90 bits per heavy atom. The van der Waals surface area contributed by atoms with Crippen LogP contribution in [0.1, 0.15) is 41.7 Å². The van der Waals surface area contributed by atoms with Crippen LogP contribution in [-0.2, 0) is 16.0 Å². The molecule has 2 saturated heterocycles. The van der Waals surface area contributed by atoms with E-state index < -0.39 is 5.97 Å². The van der Waals surface area contributed by atoms with Gasteiger partial charge in [0.2, 0.25) is 5.43 Å². The summed E-state index contributed by atoms with van der Waals surface area (Å²) in [5.41, 5.74) is 1.87. The number of aromatic nitrogens is 1. The number of pyridine rings is 1. The number of ether oxygens (including phenoxy) is 2. The highest BCUT2D eigenvalue weighted by Crippen LogP contribution is 2.27. The lowest BCUT2D eigenvalue weighted by atomic mass is 10.0. The molecule has 0 saturated carbocycles. The van der Waals surface area contributed by atoms with Crippen molar-refractivity contribution >= 4 is 16.9 Å². The van der Waals surface area contributed by atoms with Gasteiger partial charge in [0.15, 0.2) is 0 Å². The minimum absolute atomic E-state index is 0.131. The largest absolute Gasteiger partial charge is 0.462 e. The van der Waals surface area contributed by atoms with E-state index in [9.17, 15) is 9.59 Å². The van der Waals surface area contributed by atoms with Gasteiger partial charge in [-0.3, -0.25) is 9.69 Å². The van der Waals surface area contributed by atoms with Crippen LogP contribution in [0.5, 0.6) is 0 Å². The molecule has 2 aliphatic rings. The molecule has 2 aromatic rings. The van der Waals surface area contributed by atoms with Crippen molar-refractivity contribution in [3.8, 4) is 0 Å². The molecule has 1 aromatic carbocycles. The standard InChI is InChI=1S/C23H31N3O4/c1-3-30-23(28)20-16-26(18-6-8-24(2)9-7-18)21-5-4-17(14-19(21)22(20)27)15-25-10-12-29-13-11-25/h4-5,14,16,18H,3,6-13,15H2,1-2H3. The average Bonchev–Trinajstić information content (AvgIpc) is 2.76. The molecule has 30 heavy (non-hydrogen) atoms. The summed E-state index contributed by atoms with van der Waals surface area (Å²) < 4.78 is 12.8. The lowest BCUT2D eigenvalue weighted by molar-refractivity contribution is 0.0342. The van der Waals surface area contributed by atoms with Crippen LogP contribution in [-0.4, -0.2) is 73.4 Å². The second kappa shape index (κ2) is 9.29. The summed E-state index contributed by atoms with van der Waals surface area (Å²) in [4.78, 5) is 30.4. The number of fused-ring (bicyclic) bond motifs is 1. The van der Waals surface area contributed by atoms with Crippen molar-refractivity contribution in [3.05, 3.63) is 45.7 Å². The summed E-state index contributed by atoms with van der Waals surface area (Å²) in [6.45, 7) is 8.05. The van der Waals surface area contributed by atoms with Crippen LogP contribution in [0.2, 0.25) is 0 Å². The van der Waals surface area contributed by atoms with Crippen molar-refractivity contribution in [3.63, 3.8) is 0 Å². The fourth-order valence-corrected chi connectivity index (χ4v) is 4.45. The summed E-state index contributed by atoms with van der Waals surface area (Å²) in [6, 6.07) is 6.37. The van der Waals surface area contributed by atoms with Gasteiger partial charge in [-0.25, -0.2) is 4.79 Å². The first-order chi connectivity index (χ1) is 14.6. The Hall–Kier alpha value is -2.22. The molecule has 162 valence electrons. The molecule has 7 heteroatoms. The van der Waals surface area contributed by atoms with E-state index in [1.165, 1.54) is 0 Å². The van der Waals surface area contributed by atoms with Crippen molar-refractivity contribution in [1.82, 2.24) is 14.4 Å². The molecule has 0 radical (unpaired) electrons. The Morgan fingerprint density at radius 1 is 1.17 bits per heavy atom. The van der Waals surface area contributed by atoms with Crippen molar-refractivity contribution in [2.24, 2.45) is 0 Å². The number of esters is 1. The normalized spacial score (nSPS) is 19.3. The van der Waals surface area contributed by atoms with Crippen LogP contribution in [0, 0.1) is 0 Å². The summed E-state index contributed by atoms with van der Waals surface area (Å²) in [5, 5.41) is 0.602. The molecule has 0 amide bonds. The first-order valence-electron chi connectivity index (χ1n) is 10.9. The van der Waals surface area contributed by atoms with Gasteiger partial charge in [0.25, 0.3) is 0 Å². The van der Waals surface area contributed by atoms with Crippen LogP contribution >= 0.6 is 0 Å². The van der Waals surface area contributed by atoms with Gasteiger partial charge in [-0.15, -0.1) is 0 Å². The maximum atomic E-state index is 13.2. The molecular formula is C23H31N3O4. The summed E-state index contributed by atoms with van der Waals surface area (Å²) in [6.07, 6.45) is 3.71. The van der Waals surface area contributed by atoms with Gasteiger partial charge in [0.05, 0.1) is 25.3 Å². The molecule has 0 spiro atoms. The van der Waals surface area contributed by atoms with E-state index in [0.29, 0.717) is 5.39 Å². The maximum Gasteiger partial charge on any atom is 0.343 e. The first kappa shape index (κ1) is 21.0. The molecule has 2 aliphatic heterocycles. The third-order valence-electron chi connectivity index (χ3n) is 6.18. The van der Waals surface area contributed by atoms with E-state index in [4.69, 9.17) is 9.47 Å². The minimum Gasteiger partial charge on any atom is -0.462 e. The molecule has 0 bridgehead atoms. The molecule has 0 atom stereocenters. The number of nitrogens with zero attached hydrogens (tertiary/aromatic N) is 3. The third kappa shape index (κ3) is 4.43. The Kier molecular flexibility index (Phi) is 6.51. The Labute approximate surface area is 177 Å². The lowest BCUT2D eigenvalue weighted by Gasteiger charge is -2.32. The Bertz CT molecular complexity index is 957. The van der Waals surface area contributed by atoms with E-state index in [1.807, 2.05) is 12.1 Å². The summed E-state index contributed by atoms with van der Waals surface area (Å²) >= 11 is 0. The van der Waals surface area contributed by atoms with Gasteiger partial charge in [0, 0.05) is 37.3 Å². The quantitative estimate of drug-likeness (QED) is 0.701. The van der Waals surface area contributed by atoms with E-state index >= 15 is 0 Å². The molecule has 0 unspecified atom stereocenters. The number of benzene rings is 1. The smallest absolute Gasteiger partial charge is 0.343 e. The van der Waals surface area contributed by atoms with Gasteiger partial charge in [-0.1, -0.05) is 6.07 Å². The predicted molar refractivity (Wildman–Crippen MR) is 116 cm³/mol. The van der Waals surface area contributed by atoms with Crippen molar-refractivity contribution < 1.29 is 14.3 Å². The first-order valence-corrected chi connectivity index (χ1v) is 10.9. The highest BCUT2D eigenvalue weighted by atomic mass is 16.5. The second-order valence-electron chi connectivity index (χ2n) is 8.27. The number of morpholine rings is 1. The number of likely N-dealkylation sites (tertiary alicyclic amines) is 1. The molecule has 0 aliphatic carbocycles. The molecule has 7 nitrogen and oxygen atoms in total. The van der Waals surface area contributed by atoms with Crippen LogP contribution in [0.25, 0.3) is 10.9 Å². The van der Waals surface area contributed by atoms with Crippen molar-refractivity contribution in [2.45, 2.75) is 32.4 Å². The molecule has 2 fully saturated rings. The summed E-state index contributed by atoms with van der Waals surface area (Å²) in [5.74, 6) is -0.537. The number of hydrogen-bond acceptors (Lipinski definition) is 6. The van der Waals surface area contributed by atoms with Crippen LogP contribution < -0.4 is 5.43 Å². The summed E-state index contributed by atoms with van der Waals surface area (Å²) in [7, 11) is 2.13. The topological polar surface area (TPSA) is 64.0 Å². The lowest BCUT2D eigenvalue weighted by Crippen LogP contribution is -2.35. The zero-order chi connectivity index (χ0) is 21.1. The number of carbonyl (C=O) groups excluding carboxylic acids is 1. The van der Waals surface area contributed by atoms with Crippen molar-refractivity contribution in [1.29, 1.82) is 0 Å². The molecule has 0 N–H and O–H groups in total. The van der Waals surface area contributed by atoms with Gasteiger partial charge >= 0.3 is 5.97 Å². The van der Waals surface area contributed by atoms with Gasteiger partial charge < -0.3 is 18.9 Å². The third-order valence-corrected chi connectivity index (χ3v) is 6.18. The van der Waals surface area contributed by atoms with Gasteiger partial charge in [0.1, 0.15) is 5.56 Å². The highest BCUT2D eigenvalue weighted by Gasteiger charge is 2.23. The fraction of sp³-hybridized carbons (Fsp3) is 0.565.